The summed E-state index contributed by atoms with van der Waals surface area (Å²) >= 11 is 0. The number of aromatic amines is 1. The van der Waals surface area contributed by atoms with E-state index in [9.17, 15) is 14.4 Å². The first kappa shape index (κ1) is 19.4. The van der Waals surface area contributed by atoms with Crippen molar-refractivity contribution < 1.29 is 9.18 Å². The number of amides is 1. The van der Waals surface area contributed by atoms with Crippen molar-refractivity contribution in [2.24, 2.45) is 11.7 Å². The Bertz CT molecular complexity index is 1040. The molecule has 2 heterocycles. The molecule has 0 unspecified atom stereocenters. The van der Waals surface area contributed by atoms with E-state index in [2.05, 4.69) is 4.98 Å². The second-order valence-corrected chi connectivity index (χ2v) is 8.26. The highest BCUT2D eigenvalue weighted by atomic mass is 19.1. The van der Waals surface area contributed by atoms with Crippen molar-refractivity contribution in [3.63, 3.8) is 0 Å². The zero-order valence-electron chi connectivity index (χ0n) is 16.8. The van der Waals surface area contributed by atoms with Gasteiger partial charge in [0.2, 0.25) is 0 Å². The number of fused-ring (bicyclic) bond motifs is 1. The maximum absolute atomic E-state index is 14.4. The number of halogens is 1. The van der Waals surface area contributed by atoms with Crippen molar-refractivity contribution in [2.75, 3.05) is 11.4 Å². The Morgan fingerprint density at radius 1 is 1.28 bits per heavy atom. The fraction of sp³-hybridized carbons (Fsp3) is 0.391. The molecule has 0 spiro atoms. The molecule has 0 saturated heterocycles. The summed E-state index contributed by atoms with van der Waals surface area (Å²) in [5.74, 6) is -0.387. The first-order valence-corrected chi connectivity index (χ1v) is 10.1. The number of aryl methyl sites for hydroxylation is 2. The maximum atomic E-state index is 14.4. The van der Waals surface area contributed by atoms with Crippen LogP contribution in [0.5, 0.6) is 0 Å². The number of carbonyl (C=O) groups excluding carboxylic acids is 1. The van der Waals surface area contributed by atoms with Crippen molar-refractivity contribution >= 4 is 23.2 Å². The highest BCUT2D eigenvalue weighted by Gasteiger charge is 2.35. The van der Waals surface area contributed by atoms with Crippen LogP contribution < -0.4 is 10.6 Å². The first-order valence-electron chi connectivity index (χ1n) is 10.1. The average Bonchev–Trinajstić information content (AvgIpc) is 3.13. The monoisotopic (exact) mass is 392 g/mol. The fourth-order valence-electron chi connectivity index (χ4n) is 4.45. The number of nitrogens with one attached hydrogen (secondary N) is 1. The molecule has 1 aliphatic carbocycles. The average molecular weight is 392 g/mol. The van der Waals surface area contributed by atoms with Crippen molar-refractivity contribution in [3.8, 4) is 6.07 Å². The molecule has 1 aromatic heterocycles. The molecule has 29 heavy (non-hydrogen) atoms. The van der Waals surface area contributed by atoms with Crippen LogP contribution in [0.1, 0.15) is 53.8 Å². The van der Waals surface area contributed by atoms with E-state index in [0.29, 0.717) is 29.3 Å². The second-order valence-electron chi connectivity index (χ2n) is 8.26. The van der Waals surface area contributed by atoms with E-state index in [1.165, 1.54) is 12.1 Å². The lowest BCUT2D eigenvalue weighted by molar-refractivity contribution is -0.113. The molecular formula is C23H25FN4O. The summed E-state index contributed by atoms with van der Waals surface area (Å²) in [7, 11) is 0. The Morgan fingerprint density at radius 2 is 2.00 bits per heavy atom. The topological polar surface area (TPSA) is 85.9 Å². The van der Waals surface area contributed by atoms with Crippen LogP contribution in [0.2, 0.25) is 0 Å². The standard InChI is InChI=1S/C23H25FN4O/c1-13-7-14(2)27-21(13)10-19-18-9-20(24)16(11-25)8-22(18)28(23(19)29)12-15-3-5-17(26)6-4-15/h7-10,15,17,27H,3-6,12,26H2,1-2H3/b19-10-. The van der Waals surface area contributed by atoms with E-state index in [4.69, 9.17) is 5.73 Å². The van der Waals surface area contributed by atoms with E-state index in [1.807, 2.05) is 26.0 Å². The highest BCUT2D eigenvalue weighted by Crippen LogP contribution is 2.41. The van der Waals surface area contributed by atoms with Gasteiger partial charge in [0, 0.05) is 29.5 Å². The summed E-state index contributed by atoms with van der Waals surface area (Å²) in [6.07, 6.45) is 5.65. The Balaban J connectivity index is 1.75. The number of hydrogen-bond acceptors (Lipinski definition) is 3. The van der Waals surface area contributed by atoms with E-state index >= 15 is 0 Å². The summed E-state index contributed by atoms with van der Waals surface area (Å²) in [4.78, 5) is 18.3. The molecule has 1 amide bonds. The fourth-order valence-corrected chi connectivity index (χ4v) is 4.45. The number of anilines is 1. The van der Waals surface area contributed by atoms with Gasteiger partial charge in [0.25, 0.3) is 5.91 Å². The molecule has 1 aromatic carbocycles. The number of H-pyrrole nitrogens is 1. The van der Waals surface area contributed by atoms with Crippen LogP contribution in [0, 0.1) is 36.9 Å². The predicted octanol–water partition coefficient (Wildman–Crippen LogP) is 4.05. The Kier molecular flexibility index (Phi) is 5.01. The van der Waals surface area contributed by atoms with E-state index in [-0.39, 0.29) is 17.5 Å². The van der Waals surface area contributed by atoms with Gasteiger partial charge in [-0.25, -0.2) is 4.39 Å². The lowest BCUT2D eigenvalue weighted by atomic mass is 9.86. The minimum Gasteiger partial charge on any atom is -0.359 e. The first-order chi connectivity index (χ1) is 13.9. The largest absolute Gasteiger partial charge is 0.359 e. The van der Waals surface area contributed by atoms with Gasteiger partial charge in [-0.2, -0.15) is 5.26 Å². The molecule has 0 radical (unpaired) electrons. The molecule has 5 nitrogen and oxygen atoms in total. The zero-order valence-corrected chi connectivity index (χ0v) is 16.8. The van der Waals surface area contributed by atoms with Gasteiger partial charge >= 0.3 is 0 Å². The van der Waals surface area contributed by atoms with Gasteiger partial charge in [-0.3, -0.25) is 4.79 Å². The lowest BCUT2D eigenvalue weighted by Gasteiger charge is -2.29. The maximum Gasteiger partial charge on any atom is 0.259 e. The van der Waals surface area contributed by atoms with Gasteiger partial charge in [-0.1, -0.05) is 0 Å². The Labute approximate surface area is 170 Å². The highest BCUT2D eigenvalue weighted by molar-refractivity contribution is 6.35. The van der Waals surface area contributed by atoms with Crippen molar-refractivity contribution in [1.82, 2.24) is 4.98 Å². The van der Waals surface area contributed by atoms with E-state index in [1.54, 1.807) is 11.0 Å². The molecule has 1 fully saturated rings. The summed E-state index contributed by atoms with van der Waals surface area (Å²) in [5, 5.41) is 9.27. The van der Waals surface area contributed by atoms with Crippen LogP contribution in [-0.4, -0.2) is 23.5 Å². The quantitative estimate of drug-likeness (QED) is 0.773. The molecule has 3 N–H and O–H groups in total. The normalized spacial score (nSPS) is 22.8. The number of rotatable bonds is 3. The summed E-state index contributed by atoms with van der Waals surface area (Å²) in [5.41, 5.74) is 10.5. The third kappa shape index (κ3) is 3.58. The SMILES string of the molecule is Cc1cc(C)c(/C=C2\C(=O)N(CC3CCC(N)CC3)c3cc(C#N)c(F)cc32)[nH]1. The van der Waals surface area contributed by atoms with Crippen LogP contribution in [0.3, 0.4) is 0 Å². The zero-order chi connectivity index (χ0) is 20.7. The molecule has 150 valence electrons. The van der Waals surface area contributed by atoms with Crippen LogP contribution >= 0.6 is 0 Å². The van der Waals surface area contributed by atoms with Crippen molar-refractivity contribution in [1.29, 1.82) is 5.26 Å². The molecule has 1 saturated carbocycles. The summed E-state index contributed by atoms with van der Waals surface area (Å²) < 4.78 is 14.4. The van der Waals surface area contributed by atoms with Crippen LogP contribution in [0.15, 0.2) is 18.2 Å². The molecule has 2 aromatic rings. The number of nitrogens with zero attached hydrogens (tertiary/aromatic N) is 2. The van der Waals surface area contributed by atoms with Gasteiger partial charge < -0.3 is 15.6 Å². The minimum atomic E-state index is -0.602. The van der Waals surface area contributed by atoms with E-state index in [0.717, 1.165) is 42.6 Å². The molecule has 0 atom stereocenters. The van der Waals surface area contributed by atoms with Gasteiger partial charge in [-0.05, 0) is 75.3 Å². The number of carbonyl (C=O) groups is 1. The van der Waals surface area contributed by atoms with E-state index < -0.39 is 5.82 Å². The molecule has 0 bridgehead atoms. The predicted molar refractivity (Wildman–Crippen MR) is 112 cm³/mol. The van der Waals surface area contributed by atoms with Crippen molar-refractivity contribution in [2.45, 2.75) is 45.6 Å². The van der Waals surface area contributed by atoms with Crippen molar-refractivity contribution in [3.05, 3.63) is 52.1 Å². The van der Waals surface area contributed by atoms with Gasteiger partial charge in [0.05, 0.1) is 16.8 Å². The molecule has 6 heteroatoms. The van der Waals surface area contributed by atoms with Gasteiger partial charge in [-0.15, -0.1) is 0 Å². The number of benzene rings is 1. The van der Waals surface area contributed by atoms with Crippen LogP contribution in [0.25, 0.3) is 11.6 Å². The minimum absolute atomic E-state index is 0.0413. The number of nitrogens with two attached hydrogens (primary N) is 1. The third-order valence-corrected chi connectivity index (χ3v) is 6.07. The molecule has 1 aliphatic heterocycles. The lowest BCUT2D eigenvalue weighted by Crippen LogP contribution is -2.36. The number of aromatic nitrogens is 1. The van der Waals surface area contributed by atoms with Gasteiger partial charge in [0.15, 0.2) is 0 Å². The third-order valence-electron chi connectivity index (χ3n) is 6.07. The smallest absolute Gasteiger partial charge is 0.259 e. The van der Waals surface area contributed by atoms with Crippen LogP contribution in [-0.2, 0) is 4.79 Å². The number of nitriles is 1. The van der Waals surface area contributed by atoms with Crippen LogP contribution in [0.4, 0.5) is 10.1 Å². The molecule has 2 aliphatic rings. The van der Waals surface area contributed by atoms with Gasteiger partial charge in [0.1, 0.15) is 11.9 Å². The summed E-state index contributed by atoms with van der Waals surface area (Å²) in [6.45, 7) is 4.49. The second kappa shape index (κ2) is 7.49. The molecule has 4 rings (SSSR count). The Hall–Kier alpha value is -2.91. The molecular weight excluding hydrogens is 367 g/mol. The Morgan fingerprint density at radius 3 is 2.62 bits per heavy atom. The summed E-state index contributed by atoms with van der Waals surface area (Å²) in [6, 6.07) is 6.96. The number of hydrogen-bond donors (Lipinski definition) is 2.